The molecule has 8 heteroatoms. The van der Waals surface area contributed by atoms with Gasteiger partial charge in [0.1, 0.15) is 23.9 Å². The molecule has 0 spiro atoms. The standard InChI is InChI=1S/C23H18ClFN4O2/c24-20-13-18(25)4-7-22(20)31-15-17-8-10-26-21(12-17)23(30)28-19-5-2-16(3-6-19)14-29-11-1-9-27-29/h1-13H,14-15H2,(H,28,30). The molecule has 0 radical (unpaired) electrons. The van der Waals surface area contributed by atoms with E-state index in [4.69, 9.17) is 16.3 Å². The number of nitrogens with one attached hydrogen (secondary N) is 1. The number of nitrogens with zero attached hydrogens (tertiary/aromatic N) is 3. The smallest absolute Gasteiger partial charge is 0.274 e. The van der Waals surface area contributed by atoms with E-state index in [0.717, 1.165) is 11.1 Å². The zero-order valence-electron chi connectivity index (χ0n) is 16.3. The molecule has 0 unspecified atom stereocenters. The van der Waals surface area contributed by atoms with E-state index in [-0.39, 0.29) is 23.2 Å². The minimum atomic E-state index is -0.436. The lowest BCUT2D eigenvalue weighted by Crippen LogP contribution is -2.14. The number of hydrogen-bond donors (Lipinski definition) is 1. The van der Waals surface area contributed by atoms with Crippen molar-refractivity contribution in [2.24, 2.45) is 0 Å². The molecule has 31 heavy (non-hydrogen) atoms. The molecule has 2 aromatic heterocycles. The summed E-state index contributed by atoms with van der Waals surface area (Å²) in [5, 5.41) is 7.19. The number of ether oxygens (including phenoxy) is 1. The maximum atomic E-state index is 13.1. The van der Waals surface area contributed by atoms with E-state index in [1.807, 2.05) is 41.2 Å². The fourth-order valence-electron chi connectivity index (χ4n) is 2.91. The van der Waals surface area contributed by atoms with Crippen molar-refractivity contribution in [3.63, 3.8) is 0 Å². The maximum Gasteiger partial charge on any atom is 0.274 e. The van der Waals surface area contributed by atoms with Crippen LogP contribution in [0.1, 0.15) is 21.6 Å². The van der Waals surface area contributed by atoms with Crippen LogP contribution in [-0.4, -0.2) is 20.7 Å². The lowest BCUT2D eigenvalue weighted by Gasteiger charge is -2.10. The number of carbonyl (C=O) groups excluding carboxylic acids is 1. The van der Waals surface area contributed by atoms with Crippen LogP contribution in [0, 0.1) is 5.82 Å². The van der Waals surface area contributed by atoms with E-state index in [0.29, 0.717) is 18.0 Å². The molecule has 0 aliphatic carbocycles. The topological polar surface area (TPSA) is 69.0 Å². The first-order valence-corrected chi connectivity index (χ1v) is 9.85. The van der Waals surface area contributed by atoms with Gasteiger partial charge in [-0.2, -0.15) is 5.10 Å². The lowest BCUT2D eigenvalue weighted by molar-refractivity contribution is 0.102. The fraction of sp³-hybridized carbons (Fsp3) is 0.0870. The normalized spacial score (nSPS) is 10.6. The molecule has 0 fully saturated rings. The Hall–Kier alpha value is -3.71. The van der Waals surface area contributed by atoms with E-state index in [9.17, 15) is 9.18 Å². The van der Waals surface area contributed by atoms with Crippen LogP contribution in [0.4, 0.5) is 10.1 Å². The average molecular weight is 437 g/mol. The van der Waals surface area contributed by atoms with Gasteiger partial charge < -0.3 is 10.1 Å². The molecule has 4 aromatic rings. The lowest BCUT2D eigenvalue weighted by atomic mass is 10.2. The number of halogens is 2. The minimum Gasteiger partial charge on any atom is -0.487 e. The monoisotopic (exact) mass is 436 g/mol. The number of anilines is 1. The third kappa shape index (κ3) is 5.46. The Morgan fingerprint density at radius 1 is 1.06 bits per heavy atom. The zero-order valence-corrected chi connectivity index (χ0v) is 17.1. The molecule has 0 saturated heterocycles. The number of pyridine rings is 1. The predicted octanol–water partition coefficient (Wildman–Crippen LogP) is 4.95. The van der Waals surface area contributed by atoms with Crippen LogP contribution in [0.25, 0.3) is 0 Å². The SMILES string of the molecule is O=C(Nc1ccc(Cn2cccn2)cc1)c1cc(COc2ccc(F)cc2Cl)ccn1. The van der Waals surface area contributed by atoms with Crippen molar-refractivity contribution in [3.05, 3.63) is 107 Å². The summed E-state index contributed by atoms with van der Waals surface area (Å²) in [7, 11) is 0. The van der Waals surface area contributed by atoms with Gasteiger partial charge in [0.05, 0.1) is 11.6 Å². The number of hydrogen-bond acceptors (Lipinski definition) is 4. The van der Waals surface area contributed by atoms with Crippen molar-refractivity contribution >= 4 is 23.2 Å². The van der Waals surface area contributed by atoms with Crippen molar-refractivity contribution in [3.8, 4) is 5.75 Å². The van der Waals surface area contributed by atoms with Gasteiger partial charge in [-0.15, -0.1) is 0 Å². The van der Waals surface area contributed by atoms with Gasteiger partial charge in [-0.05, 0) is 59.7 Å². The van der Waals surface area contributed by atoms with E-state index in [1.165, 1.54) is 24.4 Å². The third-order valence-electron chi connectivity index (χ3n) is 4.46. The zero-order chi connectivity index (χ0) is 21.6. The first kappa shape index (κ1) is 20.6. The van der Waals surface area contributed by atoms with Gasteiger partial charge in [0, 0.05) is 24.3 Å². The molecule has 0 saturated carbocycles. The van der Waals surface area contributed by atoms with Crippen molar-refractivity contribution in [2.45, 2.75) is 13.2 Å². The van der Waals surface area contributed by atoms with Gasteiger partial charge in [0.15, 0.2) is 0 Å². The Kier molecular flexibility index (Phi) is 6.24. The Labute approximate surface area is 183 Å². The molecule has 1 N–H and O–H groups in total. The summed E-state index contributed by atoms with van der Waals surface area (Å²) in [6.45, 7) is 0.819. The van der Waals surface area contributed by atoms with Crippen LogP contribution in [0.5, 0.6) is 5.75 Å². The highest BCUT2D eigenvalue weighted by molar-refractivity contribution is 6.32. The molecule has 6 nitrogen and oxygen atoms in total. The van der Waals surface area contributed by atoms with Crippen molar-refractivity contribution in [2.75, 3.05) is 5.32 Å². The summed E-state index contributed by atoms with van der Waals surface area (Å²) in [5.41, 5.74) is 2.72. The van der Waals surface area contributed by atoms with Gasteiger partial charge in [0.25, 0.3) is 5.91 Å². The second-order valence-corrected chi connectivity index (χ2v) is 7.17. The minimum absolute atomic E-state index is 0.163. The van der Waals surface area contributed by atoms with Crippen LogP contribution >= 0.6 is 11.6 Å². The van der Waals surface area contributed by atoms with Gasteiger partial charge in [0.2, 0.25) is 0 Å². The van der Waals surface area contributed by atoms with Gasteiger partial charge >= 0.3 is 0 Å². The van der Waals surface area contributed by atoms with Gasteiger partial charge in [-0.1, -0.05) is 23.7 Å². The molecule has 2 aromatic carbocycles. The van der Waals surface area contributed by atoms with Crippen molar-refractivity contribution in [1.29, 1.82) is 0 Å². The Balaban J connectivity index is 1.37. The average Bonchev–Trinajstić information content (AvgIpc) is 3.28. The summed E-state index contributed by atoms with van der Waals surface area (Å²) in [6, 6.07) is 16.7. The molecule has 0 aliphatic rings. The molecule has 2 heterocycles. The largest absolute Gasteiger partial charge is 0.487 e. The quantitative estimate of drug-likeness (QED) is 0.445. The molecule has 0 atom stereocenters. The predicted molar refractivity (Wildman–Crippen MR) is 116 cm³/mol. The first-order valence-electron chi connectivity index (χ1n) is 9.47. The summed E-state index contributed by atoms with van der Waals surface area (Å²) in [5.74, 6) is -0.405. The molecule has 0 bridgehead atoms. The molecule has 0 aliphatic heterocycles. The highest BCUT2D eigenvalue weighted by atomic mass is 35.5. The summed E-state index contributed by atoms with van der Waals surface area (Å²) in [4.78, 5) is 16.7. The number of rotatable bonds is 7. The van der Waals surface area contributed by atoms with Crippen LogP contribution in [-0.2, 0) is 13.2 Å². The molecule has 1 amide bonds. The third-order valence-corrected chi connectivity index (χ3v) is 4.76. The highest BCUT2D eigenvalue weighted by Gasteiger charge is 2.10. The van der Waals surface area contributed by atoms with E-state index in [1.54, 1.807) is 18.3 Å². The number of aromatic nitrogens is 3. The number of benzene rings is 2. The molecular weight excluding hydrogens is 419 g/mol. The van der Waals surface area contributed by atoms with E-state index in [2.05, 4.69) is 15.4 Å². The Morgan fingerprint density at radius 3 is 2.65 bits per heavy atom. The molecular formula is C23H18ClFN4O2. The second kappa shape index (κ2) is 9.40. The Bertz CT molecular complexity index is 1180. The summed E-state index contributed by atoms with van der Waals surface area (Å²) >= 11 is 5.97. The van der Waals surface area contributed by atoms with E-state index >= 15 is 0 Å². The van der Waals surface area contributed by atoms with Gasteiger partial charge in [-0.3, -0.25) is 14.5 Å². The van der Waals surface area contributed by atoms with Crippen molar-refractivity contribution < 1.29 is 13.9 Å². The maximum absolute atomic E-state index is 13.1. The first-order chi connectivity index (χ1) is 15.1. The van der Waals surface area contributed by atoms with Gasteiger partial charge in [-0.25, -0.2) is 4.39 Å². The van der Waals surface area contributed by atoms with Crippen molar-refractivity contribution in [1.82, 2.24) is 14.8 Å². The number of carbonyl (C=O) groups is 1. The number of amides is 1. The Morgan fingerprint density at radius 2 is 1.90 bits per heavy atom. The molecule has 4 rings (SSSR count). The second-order valence-electron chi connectivity index (χ2n) is 6.77. The van der Waals surface area contributed by atoms with Crippen LogP contribution in [0.2, 0.25) is 5.02 Å². The van der Waals surface area contributed by atoms with Crippen LogP contribution < -0.4 is 10.1 Å². The van der Waals surface area contributed by atoms with Crippen LogP contribution in [0.3, 0.4) is 0 Å². The fourth-order valence-corrected chi connectivity index (χ4v) is 3.13. The molecule has 156 valence electrons. The van der Waals surface area contributed by atoms with Crippen LogP contribution in [0.15, 0.2) is 79.3 Å². The van der Waals surface area contributed by atoms with E-state index < -0.39 is 5.82 Å². The highest BCUT2D eigenvalue weighted by Crippen LogP contribution is 2.25. The summed E-state index contributed by atoms with van der Waals surface area (Å²) < 4.78 is 20.6. The summed E-state index contributed by atoms with van der Waals surface area (Å²) in [6.07, 6.45) is 5.16.